The molecule has 0 radical (unpaired) electrons. The molecule has 5 nitrogen and oxygen atoms in total. The maximum atomic E-state index is 5.12. The van der Waals surface area contributed by atoms with Crippen LogP contribution in [0.5, 0.6) is 0 Å². The topological polar surface area (TPSA) is 52.4 Å². The highest BCUT2D eigenvalue weighted by Gasteiger charge is 2.26. The Morgan fingerprint density at radius 3 is 1.98 bits per heavy atom. The molecule has 2 aliphatic heterocycles. The van der Waals surface area contributed by atoms with Gasteiger partial charge in [0.2, 0.25) is 0 Å². The maximum absolute atomic E-state index is 5.12. The van der Waals surface area contributed by atoms with E-state index in [1.54, 1.807) is 0 Å². The van der Waals surface area contributed by atoms with Crippen molar-refractivity contribution in [2.24, 2.45) is 15.0 Å². The van der Waals surface area contributed by atoms with E-state index >= 15 is 0 Å². The minimum absolute atomic E-state index is 0.200. The minimum atomic E-state index is -0.200. The summed E-state index contributed by atoms with van der Waals surface area (Å²) in [6, 6.07) is 42.2. The van der Waals surface area contributed by atoms with Crippen LogP contribution in [-0.4, -0.2) is 36.0 Å². The van der Waals surface area contributed by atoms with E-state index in [0.717, 1.165) is 45.3 Å². The van der Waals surface area contributed by atoms with Crippen molar-refractivity contribution in [2.75, 3.05) is 13.6 Å². The van der Waals surface area contributed by atoms with Crippen LogP contribution in [0.15, 0.2) is 149 Å². The van der Waals surface area contributed by atoms with E-state index < -0.39 is 0 Å². The third kappa shape index (κ3) is 4.72. The molecule has 1 N–H and O–H groups in total. The van der Waals surface area contributed by atoms with Crippen molar-refractivity contribution >= 4 is 28.3 Å². The molecule has 0 bridgehead atoms. The third-order valence-electron chi connectivity index (χ3n) is 7.61. The van der Waals surface area contributed by atoms with Crippen molar-refractivity contribution in [3.63, 3.8) is 0 Å². The van der Waals surface area contributed by atoms with E-state index in [-0.39, 0.29) is 6.17 Å². The lowest BCUT2D eigenvalue weighted by Crippen LogP contribution is -2.35. The Balaban J connectivity index is 1.27. The molecule has 0 fully saturated rings. The van der Waals surface area contributed by atoms with Gasteiger partial charge < -0.3 is 10.2 Å². The number of amidine groups is 3. The number of nitrogens with zero attached hydrogens (tertiary/aromatic N) is 4. The second kappa shape index (κ2) is 10.7. The van der Waals surface area contributed by atoms with Crippen LogP contribution in [0.4, 0.5) is 0 Å². The van der Waals surface area contributed by atoms with Crippen molar-refractivity contribution in [1.82, 2.24) is 10.2 Å². The first-order valence-corrected chi connectivity index (χ1v) is 13.8. The molecular formula is C36H29N5. The Morgan fingerprint density at radius 2 is 1.29 bits per heavy atom. The summed E-state index contributed by atoms with van der Waals surface area (Å²) < 4.78 is 0. The summed E-state index contributed by atoms with van der Waals surface area (Å²) >= 11 is 0. The number of aliphatic imine (C=N–C) groups is 3. The summed E-state index contributed by atoms with van der Waals surface area (Å²) in [4.78, 5) is 17.0. The predicted molar refractivity (Wildman–Crippen MR) is 170 cm³/mol. The standard InChI is InChI=1S/C36H29N5/c1-41-35(27-13-6-3-7-14-27)39-33(26-11-4-2-5-12-26)40-36(41)28-19-17-25(18-20-28)29-21-22-32(34-37-23-10-24-38-34)31-16-9-8-15-30(29)31/h2-23,36H,24H2,1H3,(H,37,38). The van der Waals surface area contributed by atoms with Gasteiger partial charge in [-0.15, -0.1) is 0 Å². The molecule has 7 rings (SSSR count). The van der Waals surface area contributed by atoms with Crippen LogP contribution >= 0.6 is 0 Å². The summed E-state index contributed by atoms with van der Waals surface area (Å²) in [5.41, 5.74) is 6.66. The second-order valence-electron chi connectivity index (χ2n) is 10.2. The molecule has 198 valence electrons. The number of benzene rings is 5. The SMILES string of the molecule is CN1C(c2ccccc2)=NC(c2ccccc2)=NC1c1ccc(-c2ccc(C3=NCC=CN3)c3ccccc23)cc1. The number of rotatable bonds is 5. The van der Waals surface area contributed by atoms with E-state index in [4.69, 9.17) is 9.98 Å². The molecule has 5 heteroatoms. The summed E-state index contributed by atoms with van der Waals surface area (Å²) in [7, 11) is 2.07. The van der Waals surface area contributed by atoms with Crippen LogP contribution in [0, 0.1) is 0 Å². The van der Waals surface area contributed by atoms with Crippen LogP contribution in [0.3, 0.4) is 0 Å². The van der Waals surface area contributed by atoms with Crippen molar-refractivity contribution in [3.8, 4) is 11.1 Å². The quantitative estimate of drug-likeness (QED) is 0.261. The van der Waals surface area contributed by atoms with E-state index in [9.17, 15) is 0 Å². The molecule has 1 unspecified atom stereocenters. The molecule has 0 amide bonds. The summed E-state index contributed by atoms with van der Waals surface area (Å²) in [6.45, 7) is 0.695. The Hall–Kier alpha value is -5.29. The predicted octanol–water partition coefficient (Wildman–Crippen LogP) is 7.21. The number of nitrogens with one attached hydrogen (secondary N) is 1. The van der Waals surface area contributed by atoms with Gasteiger partial charge in [-0.25, -0.2) is 9.98 Å². The monoisotopic (exact) mass is 531 g/mol. The fraction of sp³-hybridized carbons (Fsp3) is 0.0833. The number of hydrogen-bond acceptors (Lipinski definition) is 5. The highest BCUT2D eigenvalue weighted by molar-refractivity contribution is 6.14. The first-order valence-electron chi connectivity index (χ1n) is 13.8. The molecule has 0 saturated carbocycles. The number of fused-ring (bicyclic) bond motifs is 1. The summed E-state index contributed by atoms with van der Waals surface area (Å²) in [5.74, 6) is 2.56. The number of hydrogen-bond donors (Lipinski definition) is 1. The van der Waals surface area contributed by atoms with Gasteiger partial charge >= 0.3 is 0 Å². The fourth-order valence-electron chi connectivity index (χ4n) is 5.54. The molecule has 2 heterocycles. The molecule has 2 aliphatic rings. The fourth-order valence-corrected chi connectivity index (χ4v) is 5.54. The van der Waals surface area contributed by atoms with Gasteiger partial charge in [0.15, 0.2) is 5.84 Å². The van der Waals surface area contributed by atoms with Gasteiger partial charge in [-0.3, -0.25) is 4.99 Å². The first-order chi connectivity index (χ1) is 20.3. The molecule has 0 aromatic heterocycles. The maximum Gasteiger partial charge on any atom is 0.159 e. The lowest BCUT2D eigenvalue weighted by molar-refractivity contribution is 0.383. The van der Waals surface area contributed by atoms with Crippen LogP contribution in [-0.2, 0) is 0 Å². The zero-order valence-electron chi connectivity index (χ0n) is 22.8. The molecule has 5 aromatic carbocycles. The first kappa shape index (κ1) is 24.7. The van der Waals surface area contributed by atoms with E-state index in [2.05, 4.69) is 107 Å². The minimum Gasteiger partial charge on any atom is -0.347 e. The third-order valence-corrected chi connectivity index (χ3v) is 7.61. The molecule has 0 saturated heterocycles. The smallest absolute Gasteiger partial charge is 0.159 e. The molecule has 1 atom stereocenters. The van der Waals surface area contributed by atoms with Gasteiger partial charge in [-0.2, -0.15) is 0 Å². The van der Waals surface area contributed by atoms with E-state index in [1.807, 2.05) is 48.7 Å². The average Bonchev–Trinajstić information content (AvgIpc) is 3.06. The van der Waals surface area contributed by atoms with Gasteiger partial charge in [0.05, 0.1) is 6.54 Å². The van der Waals surface area contributed by atoms with Gasteiger partial charge in [0, 0.05) is 29.9 Å². The molecule has 41 heavy (non-hydrogen) atoms. The van der Waals surface area contributed by atoms with E-state index in [0.29, 0.717) is 6.54 Å². The molecular weight excluding hydrogens is 502 g/mol. The van der Waals surface area contributed by atoms with Crippen molar-refractivity contribution < 1.29 is 0 Å². The molecule has 0 spiro atoms. The zero-order chi connectivity index (χ0) is 27.6. The molecule has 0 aliphatic carbocycles. The van der Waals surface area contributed by atoms with Gasteiger partial charge in [-0.1, -0.05) is 121 Å². The van der Waals surface area contributed by atoms with Crippen LogP contribution < -0.4 is 5.32 Å². The van der Waals surface area contributed by atoms with Gasteiger partial charge in [0.25, 0.3) is 0 Å². The average molecular weight is 532 g/mol. The second-order valence-corrected chi connectivity index (χ2v) is 10.2. The van der Waals surface area contributed by atoms with Crippen molar-refractivity contribution in [2.45, 2.75) is 6.17 Å². The van der Waals surface area contributed by atoms with Gasteiger partial charge in [0.1, 0.15) is 17.8 Å². The largest absolute Gasteiger partial charge is 0.347 e. The lowest BCUT2D eigenvalue weighted by Gasteiger charge is -2.32. The zero-order valence-corrected chi connectivity index (χ0v) is 22.8. The van der Waals surface area contributed by atoms with Crippen molar-refractivity contribution in [1.29, 1.82) is 0 Å². The van der Waals surface area contributed by atoms with Crippen LogP contribution in [0.2, 0.25) is 0 Å². The Morgan fingerprint density at radius 1 is 0.659 bits per heavy atom. The lowest BCUT2D eigenvalue weighted by atomic mass is 9.93. The molecule has 5 aromatic rings. The Bertz CT molecular complexity index is 1830. The highest BCUT2D eigenvalue weighted by Crippen LogP contribution is 2.34. The van der Waals surface area contributed by atoms with Crippen molar-refractivity contribution in [3.05, 3.63) is 156 Å². The van der Waals surface area contributed by atoms with Crippen LogP contribution in [0.1, 0.15) is 28.4 Å². The Kier molecular flexibility index (Phi) is 6.45. The normalized spacial score (nSPS) is 16.6. The highest BCUT2D eigenvalue weighted by atomic mass is 15.3. The van der Waals surface area contributed by atoms with Gasteiger partial charge in [-0.05, 0) is 33.5 Å². The summed E-state index contributed by atoms with van der Waals surface area (Å²) in [6.07, 6.45) is 3.79. The van der Waals surface area contributed by atoms with Crippen LogP contribution in [0.25, 0.3) is 21.9 Å². The Labute approximate surface area is 239 Å². The van der Waals surface area contributed by atoms with E-state index in [1.165, 1.54) is 16.3 Å². The summed E-state index contributed by atoms with van der Waals surface area (Å²) in [5, 5.41) is 5.70.